The first kappa shape index (κ1) is 37.7. The van der Waals surface area contributed by atoms with Crippen LogP contribution in [0.15, 0.2) is 0 Å². The van der Waals surface area contributed by atoms with Crippen molar-refractivity contribution in [3.8, 4) is 0 Å². The van der Waals surface area contributed by atoms with Gasteiger partial charge in [0.15, 0.2) is 0 Å². The third-order valence-corrected chi connectivity index (χ3v) is 5.83. The molecular weight excluding hydrogens is 401 g/mol. The molecule has 0 heterocycles. The van der Waals surface area contributed by atoms with Crippen molar-refractivity contribution >= 4 is 69.8 Å². The van der Waals surface area contributed by atoms with Crippen LogP contribution in [0.3, 0.4) is 0 Å². The molecule has 0 rings (SSSR count). The van der Waals surface area contributed by atoms with Crippen molar-refractivity contribution < 1.29 is 0 Å². The third kappa shape index (κ3) is 46.2. The normalized spacial score (nSPS) is 9.04. The third-order valence-electron chi connectivity index (χ3n) is 4.41. The molecule has 0 amide bonds. The van der Waals surface area contributed by atoms with Crippen LogP contribution >= 0.6 is 37.2 Å². The van der Waals surface area contributed by atoms with E-state index in [1.54, 1.807) is 0 Å². The Morgan fingerprint density at radius 2 is 0.560 bits per heavy atom. The number of halogens is 3. The van der Waals surface area contributed by atoms with Gasteiger partial charge in [-0.3, -0.25) is 0 Å². The fourth-order valence-corrected chi connectivity index (χ4v) is 3.77. The molecular formula is C20H49Al2Cl3. The quantitative estimate of drug-likeness (QED) is 0.168. The molecule has 0 aliphatic carbocycles. The zero-order valence-corrected chi connectivity index (χ0v) is 24.4. The summed E-state index contributed by atoms with van der Waals surface area (Å²) in [6.45, 7) is 4.56. The summed E-state index contributed by atoms with van der Waals surface area (Å²) in [6, 6.07) is 0. The van der Waals surface area contributed by atoms with E-state index >= 15 is 0 Å². The highest BCUT2D eigenvalue weighted by Gasteiger charge is 1.90. The van der Waals surface area contributed by atoms with Crippen LogP contribution < -0.4 is 0 Å². The van der Waals surface area contributed by atoms with Gasteiger partial charge in [0.2, 0.25) is 32.6 Å². The molecule has 0 N–H and O–H groups in total. The summed E-state index contributed by atoms with van der Waals surface area (Å²) >= 11 is 2.82. The summed E-state index contributed by atoms with van der Waals surface area (Å²) in [7, 11) is 0. The minimum absolute atomic E-state index is 0. The monoisotopic (exact) mass is 448 g/mol. The number of hydrogen-bond donors (Lipinski definition) is 0. The molecule has 0 fully saturated rings. The van der Waals surface area contributed by atoms with Crippen LogP contribution in [-0.4, -0.2) is 32.6 Å². The molecule has 0 aromatic heterocycles. The van der Waals surface area contributed by atoms with E-state index in [-0.39, 0.29) is 37.2 Å². The van der Waals surface area contributed by atoms with E-state index in [1.807, 2.05) is 0 Å². The molecule has 0 bridgehead atoms. The van der Waals surface area contributed by atoms with E-state index in [0.717, 1.165) is 0 Å². The fraction of sp³-hybridized carbons (Fsp3) is 1.00. The zero-order valence-electron chi connectivity index (χ0n) is 18.0. The topological polar surface area (TPSA) is 0 Å². The molecule has 0 saturated heterocycles. The molecule has 0 spiro atoms. The second kappa shape index (κ2) is 40.6. The minimum atomic E-state index is 0. The van der Waals surface area contributed by atoms with Gasteiger partial charge in [0.25, 0.3) is 0 Å². The Hall–Kier alpha value is 1.93. The number of rotatable bonds is 16. The van der Waals surface area contributed by atoms with Crippen molar-refractivity contribution in [2.75, 3.05) is 0 Å². The molecule has 0 nitrogen and oxygen atoms in total. The van der Waals surface area contributed by atoms with Crippen LogP contribution in [0.25, 0.3) is 0 Å². The van der Waals surface area contributed by atoms with Crippen molar-refractivity contribution in [2.45, 2.75) is 127 Å². The Bertz CT molecular complexity index is 139. The average Bonchev–Trinajstić information content (AvgIpc) is 2.54. The summed E-state index contributed by atoms with van der Waals surface area (Å²) < 4.78 is 0. The van der Waals surface area contributed by atoms with Crippen molar-refractivity contribution in [1.29, 1.82) is 0 Å². The molecule has 0 aromatic carbocycles. The summed E-state index contributed by atoms with van der Waals surface area (Å²) in [4.78, 5) is 0. The largest absolute Gasteiger partial charge is 0.211 e. The van der Waals surface area contributed by atoms with Gasteiger partial charge in [-0.05, 0) is 0 Å². The molecule has 0 unspecified atom stereocenters. The Balaban J connectivity index is -0.0000000952. The van der Waals surface area contributed by atoms with Crippen molar-refractivity contribution in [2.24, 2.45) is 0 Å². The second-order valence-corrected chi connectivity index (χ2v) is 8.95. The van der Waals surface area contributed by atoms with Gasteiger partial charge in [-0.25, -0.2) is 0 Å². The van der Waals surface area contributed by atoms with Gasteiger partial charge in [-0.15, -0.1) is 47.8 Å². The van der Waals surface area contributed by atoms with Crippen molar-refractivity contribution in [3.05, 3.63) is 0 Å². The van der Waals surface area contributed by atoms with Gasteiger partial charge in [0, 0.05) is 0 Å². The molecule has 0 saturated carbocycles. The average molecular weight is 450 g/mol. The van der Waals surface area contributed by atoms with Gasteiger partial charge < -0.3 is 0 Å². The Morgan fingerprint density at radius 1 is 0.360 bits per heavy atom. The van der Waals surface area contributed by atoms with E-state index in [2.05, 4.69) is 13.8 Å². The summed E-state index contributed by atoms with van der Waals surface area (Å²) in [6.07, 6.45) is 23.5. The molecule has 5 heteroatoms. The van der Waals surface area contributed by atoms with E-state index in [9.17, 15) is 0 Å². The van der Waals surface area contributed by atoms with Crippen LogP contribution in [-0.2, 0) is 0 Å². The van der Waals surface area contributed by atoms with Gasteiger partial charge in [0.1, 0.15) is 0 Å². The SMILES string of the molecule is CCCCCCCCC[CH2][AlH2].CCCCCCCCC[CH2][AlH2].Cl.Cl.Cl. The first-order valence-corrected chi connectivity index (χ1v) is 13.7. The van der Waals surface area contributed by atoms with E-state index in [1.165, 1.54) is 146 Å². The fourth-order valence-electron chi connectivity index (χ4n) is 2.77. The van der Waals surface area contributed by atoms with Crippen LogP contribution in [0.2, 0.25) is 10.6 Å². The summed E-state index contributed by atoms with van der Waals surface area (Å²) in [5, 5.41) is 3.02. The highest BCUT2D eigenvalue weighted by Crippen LogP contribution is 2.09. The van der Waals surface area contributed by atoms with Gasteiger partial charge in [-0.1, -0.05) is 117 Å². The smallest absolute Gasteiger partial charge is 0.147 e. The standard InChI is InChI=1S/2C10H21.2Al.3ClH.4H/c2*1-3-5-7-9-10-8-6-4-2;;;;;;;;;/h2*1,3-10H2,2H3;;;3*1H;;;;. The predicted molar refractivity (Wildman–Crippen MR) is 134 cm³/mol. The maximum atomic E-state index is 2.28. The van der Waals surface area contributed by atoms with E-state index in [4.69, 9.17) is 0 Å². The number of hydrogen-bond acceptors (Lipinski definition) is 0. The number of unbranched alkanes of at least 4 members (excludes halogenated alkanes) is 14. The first-order valence-electron chi connectivity index (χ1n) is 10.8. The van der Waals surface area contributed by atoms with Crippen LogP contribution in [0, 0.1) is 0 Å². The Labute approximate surface area is 195 Å². The molecule has 156 valence electrons. The predicted octanol–water partition coefficient (Wildman–Crippen LogP) is 7.62. The highest BCUT2D eigenvalue weighted by atomic mass is 35.5. The van der Waals surface area contributed by atoms with Gasteiger partial charge >= 0.3 is 0 Å². The van der Waals surface area contributed by atoms with Gasteiger partial charge in [-0.2, -0.15) is 0 Å². The zero-order chi connectivity index (χ0) is 16.7. The van der Waals surface area contributed by atoms with E-state index in [0.29, 0.717) is 0 Å². The van der Waals surface area contributed by atoms with Crippen molar-refractivity contribution in [1.82, 2.24) is 0 Å². The maximum absolute atomic E-state index is 2.28. The molecule has 0 aliphatic rings. The van der Waals surface area contributed by atoms with Crippen LogP contribution in [0.5, 0.6) is 0 Å². The van der Waals surface area contributed by atoms with Crippen molar-refractivity contribution in [3.63, 3.8) is 0 Å². The van der Waals surface area contributed by atoms with E-state index < -0.39 is 0 Å². The lowest BCUT2D eigenvalue weighted by Crippen LogP contribution is -1.79. The lowest BCUT2D eigenvalue weighted by molar-refractivity contribution is 0.585. The first-order chi connectivity index (χ1) is 10.8. The lowest BCUT2D eigenvalue weighted by Gasteiger charge is -1.99. The molecule has 0 radical (unpaired) electrons. The lowest BCUT2D eigenvalue weighted by atomic mass is 10.1. The Morgan fingerprint density at radius 3 is 0.760 bits per heavy atom. The summed E-state index contributed by atoms with van der Waals surface area (Å²) in [5.41, 5.74) is 0. The molecule has 0 aromatic rings. The molecule has 0 aliphatic heterocycles. The minimum Gasteiger partial charge on any atom is -0.147 e. The second-order valence-electron chi connectivity index (χ2n) is 6.95. The molecule has 0 atom stereocenters. The van der Waals surface area contributed by atoms with Crippen LogP contribution in [0.4, 0.5) is 0 Å². The van der Waals surface area contributed by atoms with Crippen LogP contribution in [0.1, 0.15) is 117 Å². The summed E-state index contributed by atoms with van der Waals surface area (Å²) in [5.74, 6) is 0. The maximum Gasteiger partial charge on any atom is 0.211 e. The Kier molecular flexibility index (Phi) is 61.1. The molecule has 25 heavy (non-hydrogen) atoms. The highest BCUT2D eigenvalue weighted by molar-refractivity contribution is 6.08. The van der Waals surface area contributed by atoms with Gasteiger partial charge in [0.05, 0.1) is 0 Å².